The maximum atomic E-state index is 12.3. The molecule has 2 amide bonds. The smallest absolute Gasteiger partial charge is 0.255 e. The third kappa shape index (κ3) is 4.04. The second kappa shape index (κ2) is 7.63. The largest absolute Gasteiger partial charge is 0.349 e. The van der Waals surface area contributed by atoms with Gasteiger partial charge in [-0.15, -0.1) is 0 Å². The maximum Gasteiger partial charge on any atom is 0.255 e. The van der Waals surface area contributed by atoms with Gasteiger partial charge in [-0.3, -0.25) is 9.59 Å². The van der Waals surface area contributed by atoms with Crippen molar-refractivity contribution < 1.29 is 9.59 Å². The number of nitrogens with zero attached hydrogens (tertiary/aromatic N) is 1. The van der Waals surface area contributed by atoms with Crippen LogP contribution in [-0.4, -0.2) is 17.9 Å². The Bertz CT molecular complexity index is 816. The zero-order valence-electron chi connectivity index (χ0n) is 13.8. The lowest BCUT2D eigenvalue weighted by Gasteiger charge is -2.12. The Kier molecular flexibility index (Phi) is 5.10. The maximum absolute atomic E-state index is 12.3. The number of amides is 2. The molecule has 0 spiro atoms. The van der Waals surface area contributed by atoms with Crippen molar-refractivity contribution in [1.82, 2.24) is 5.32 Å². The summed E-state index contributed by atoms with van der Waals surface area (Å²) in [6.45, 7) is 0. The predicted molar refractivity (Wildman–Crippen MR) is 95.3 cm³/mol. The second-order valence-electron chi connectivity index (χ2n) is 6.14. The van der Waals surface area contributed by atoms with E-state index in [1.165, 1.54) is 0 Å². The summed E-state index contributed by atoms with van der Waals surface area (Å²) in [5.41, 5.74) is 1.85. The lowest BCUT2D eigenvalue weighted by Crippen LogP contribution is -2.32. The molecule has 0 radical (unpaired) electrons. The highest BCUT2D eigenvalue weighted by atomic mass is 16.2. The van der Waals surface area contributed by atoms with Gasteiger partial charge in [-0.25, -0.2) is 0 Å². The van der Waals surface area contributed by atoms with Gasteiger partial charge in [-0.2, -0.15) is 5.26 Å². The van der Waals surface area contributed by atoms with Gasteiger partial charge in [0.2, 0.25) is 0 Å². The van der Waals surface area contributed by atoms with Gasteiger partial charge in [0.15, 0.2) is 0 Å². The van der Waals surface area contributed by atoms with Gasteiger partial charge in [-0.1, -0.05) is 25.0 Å². The lowest BCUT2D eigenvalue weighted by atomic mass is 10.1. The molecule has 1 fully saturated rings. The van der Waals surface area contributed by atoms with E-state index in [9.17, 15) is 9.59 Å². The van der Waals surface area contributed by atoms with Crippen LogP contribution < -0.4 is 10.6 Å². The Morgan fingerprint density at radius 2 is 1.52 bits per heavy atom. The quantitative estimate of drug-likeness (QED) is 0.898. The molecule has 0 unspecified atom stereocenters. The van der Waals surface area contributed by atoms with E-state index in [2.05, 4.69) is 10.6 Å². The Balaban J connectivity index is 1.66. The first-order valence-electron chi connectivity index (χ1n) is 8.39. The van der Waals surface area contributed by atoms with Gasteiger partial charge in [0.05, 0.1) is 11.3 Å². The van der Waals surface area contributed by atoms with Crippen LogP contribution in [0.15, 0.2) is 48.5 Å². The second-order valence-corrected chi connectivity index (χ2v) is 6.14. The molecule has 0 bridgehead atoms. The van der Waals surface area contributed by atoms with Crippen molar-refractivity contribution >= 4 is 17.5 Å². The molecule has 2 N–H and O–H groups in total. The van der Waals surface area contributed by atoms with Crippen LogP contribution in [0.3, 0.4) is 0 Å². The van der Waals surface area contributed by atoms with Crippen LogP contribution in [0.2, 0.25) is 0 Å². The topological polar surface area (TPSA) is 82.0 Å². The molecule has 0 heterocycles. The molecule has 3 rings (SSSR count). The Morgan fingerprint density at radius 3 is 2.16 bits per heavy atom. The summed E-state index contributed by atoms with van der Waals surface area (Å²) in [5.74, 6) is -0.417. The number of carbonyl (C=O) groups is 2. The molecule has 1 aliphatic rings. The van der Waals surface area contributed by atoms with E-state index in [-0.39, 0.29) is 17.9 Å². The highest BCUT2D eigenvalue weighted by Crippen LogP contribution is 2.18. The minimum Gasteiger partial charge on any atom is -0.349 e. The van der Waals surface area contributed by atoms with Gasteiger partial charge in [0.1, 0.15) is 6.07 Å². The van der Waals surface area contributed by atoms with Crippen molar-refractivity contribution in [3.8, 4) is 6.07 Å². The summed E-state index contributed by atoms with van der Waals surface area (Å²) < 4.78 is 0. The average molecular weight is 333 g/mol. The number of anilines is 1. The van der Waals surface area contributed by atoms with Crippen LogP contribution in [0.4, 0.5) is 5.69 Å². The molecule has 2 aromatic carbocycles. The van der Waals surface area contributed by atoms with Crippen LogP contribution in [0.5, 0.6) is 0 Å². The number of para-hydroxylation sites is 1. The molecule has 2 aromatic rings. The highest BCUT2D eigenvalue weighted by molar-refractivity contribution is 6.05. The van der Waals surface area contributed by atoms with E-state index in [4.69, 9.17) is 5.26 Å². The molecule has 1 aliphatic carbocycles. The number of hydrogen-bond donors (Lipinski definition) is 2. The van der Waals surface area contributed by atoms with E-state index in [0.717, 1.165) is 25.7 Å². The normalized spacial score (nSPS) is 13.9. The minimum absolute atomic E-state index is 0.103. The number of hydrogen-bond acceptors (Lipinski definition) is 3. The summed E-state index contributed by atoms with van der Waals surface area (Å²) in [6, 6.07) is 15.7. The van der Waals surface area contributed by atoms with Crippen molar-refractivity contribution in [2.75, 3.05) is 5.32 Å². The summed E-state index contributed by atoms with van der Waals surface area (Å²) in [7, 11) is 0. The van der Waals surface area contributed by atoms with Gasteiger partial charge in [-0.05, 0) is 49.2 Å². The summed E-state index contributed by atoms with van der Waals surface area (Å²) in [4.78, 5) is 24.5. The molecule has 0 saturated heterocycles. The first-order chi connectivity index (χ1) is 12.2. The Hall–Kier alpha value is -3.13. The van der Waals surface area contributed by atoms with Crippen molar-refractivity contribution in [3.63, 3.8) is 0 Å². The van der Waals surface area contributed by atoms with Crippen LogP contribution in [-0.2, 0) is 0 Å². The SMILES string of the molecule is N#Cc1ccccc1NC(=O)c1ccc(C(=O)NC2CCCC2)cc1. The standard InChI is InChI=1S/C20H19N3O2/c21-13-16-5-1-4-8-18(16)23-20(25)15-11-9-14(10-12-15)19(24)22-17-6-2-3-7-17/h1,4-5,8-12,17H,2-3,6-7H2,(H,22,24)(H,23,25). The number of nitrogens with one attached hydrogen (secondary N) is 2. The molecule has 0 aliphatic heterocycles. The predicted octanol–water partition coefficient (Wildman–Crippen LogP) is 3.48. The molecule has 0 atom stereocenters. The molecule has 126 valence electrons. The molecular weight excluding hydrogens is 314 g/mol. The zero-order valence-corrected chi connectivity index (χ0v) is 13.8. The van der Waals surface area contributed by atoms with E-state index in [1.54, 1.807) is 48.5 Å². The monoisotopic (exact) mass is 333 g/mol. The van der Waals surface area contributed by atoms with E-state index in [0.29, 0.717) is 22.4 Å². The number of benzene rings is 2. The van der Waals surface area contributed by atoms with E-state index >= 15 is 0 Å². The lowest BCUT2D eigenvalue weighted by molar-refractivity contribution is 0.0936. The van der Waals surface area contributed by atoms with E-state index in [1.807, 2.05) is 6.07 Å². The van der Waals surface area contributed by atoms with E-state index < -0.39 is 0 Å². The van der Waals surface area contributed by atoms with Gasteiger partial charge < -0.3 is 10.6 Å². The molecular formula is C20H19N3O2. The zero-order chi connectivity index (χ0) is 17.6. The average Bonchev–Trinajstić information content (AvgIpc) is 3.15. The van der Waals surface area contributed by atoms with Crippen molar-refractivity contribution in [1.29, 1.82) is 5.26 Å². The third-order valence-electron chi connectivity index (χ3n) is 4.40. The first kappa shape index (κ1) is 16.7. The van der Waals surface area contributed by atoms with Crippen LogP contribution in [0.1, 0.15) is 52.0 Å². The summed E-state index contributed by atoms with van der Waals surface area (Å²) >= 11 is 0. The summed E-state index contributed by atoms with van der Waals surface area (Å²) in [6.07, 6.45) is 4.39. The van der Waals surface area contributed by atoms with Crippen molar-refractivity contribution in [2.45, 2.75) is 31.7 Å². The van der Waals surface area contributed by atoms with Crippen molar-refractivity contribution in [2.24, 2.45) is 0 Å². The molecule has 0 aromatic heterocycles. The van der Waals surface area contributed by atoms with Crippen LogP contribution in [0.25, 0.3) is 0 Å². The number of nitriles is 1. The first-order valence-corrected chi connectivity index (χ1v) is 8.39. The minimum atomic E-state index is -0.314. The summed E-state index contributed by atoms with van der Waals surface area (Å²) in [5, 5.41) is 14.8. The molecule has 5 heteroatoms. The van der Waals surface area contributed by atoms with Gasteiger partial charge >= 0.3 is 0 Å². The molecule has 25 heavy (non-hydrogen) atoms. The number of carbonyl (C=O) groups excluding carboxylic acids is 2. The Labute approximate surface area is 146 Å². The van der Waals surface area contributed by atoms with Crippen LogP contribution >= 0.6 is 0 Å². The fraction of sp³-hybridized carbons (Fsp3) is 0.250. The van der Waals surface area contributed by atoms with Gasteiger partial charge in [0.25, 0.3) is 11.8 Å². The number of rotatable bonds is 4. The molecule has 1 saturated carbocycles. The van der Waals surface area contributed by atoms with Crippen molar-refractivity contribution in [3.05, 3.63) is 65.2 Å². The van der Waals surface area contributed by atoms with Crippen LogP contribution in [0, 0.1) is 11.3 Å². The Morgan fingerprint density at radius 1 is 0.920 bits per heavy atom. The molecule has 5 nitrogen and oxygen atoms in total. The fourth-order valence-electron chi connectivity index (χ4n) is 3.00. The fourth-order valence-corrected chi connectivity index (χ4v) is 3.00. The highest BCUT2D eigenvalue weighted by Gasteiger charge is 2.18. The third-order valence-corrected chi connectivity index (χ3v) is 4.40. The van der Waals surface area contributed by atoms with Gasteiger partial charge in [0, 0.05) is 17.2 Å².